The summed E-state index contributed by atoms with van der Waals surface area (Å²) in [6, 6.07) is 10.1. The predicted octanol–water partition coefficient (Wildman–Crippen LogP) is 3.22. The number of hydrogen-bond donors (Lipinski definition) is 2. The molecule has 0 atom stereocenters. The van der Waals surface area contributed by atoms with Crippen LogP contribution in [0.25, 0.3) is 10.9 Å². The van der Waals surface area contributed by atoms with Crippen molar-refractivity contribution in [3.05, 3.63) is 42.1 Å². The summed E-state index contributed by atoms with van der Waals surface area (Å²) in [4.78, 5) is 8.77. The van der Waals surface area contributed by atoms with Gasteiger partial charge >= 0.3 is 0 Å². The van der Waals surface area contributed by atoms with Gasteiger partial charge in [0.1, 0.15) is 0 Å². The quantitative estimate of drug-likeness (QED) is 0.466. The van der Waals surface area contributed by atoms with Crippen molar-refractivity contribution in [2.24, 2.45) is 10.7 Å². The first-order valence-electron chi connectivity index (χ1n) is 7.67. The molecule has 1 aromatic heterocycles. The zero-order chi connectivity index (χ0) is 14.9. The highest BCUT2D eigenvalue weighted by Gasteiger charge is 2.00. The fourth-order valence-corrected chi connectivity index (χ4v) is 2.29. The van der Waals surface area contributed by atoms with Gasteiger partial charge in [-0.2, -0.15) is 0 Å². The first kappa shape index (κ1) is 15.3. The van der Waals surface area contributed by atoms with Crippen LogP contribution < -0.4 is 11.1 Å². The number of nitrogens with one attached hydrogen (secondary N) is 1. The van der Waals surface area contributed by atoms with Crippen LogP contribution in [0.3, 0.4) is 0 Å². The Kier molecular flexibility index (Phi) is 6.00. The van der Waals surface area contributed by atoms with Gasteiger partial charge in [0, 0.05) is 18.1 Å². The summed E-state index contributed by atoms with van der Waals surface area (Å²) < 4.78 is 0. The molecule has 0 aliphatic heterocycles. The van der Waals surface area contributed by atoms with E-state index in [9.17, 15) is 0 Å². The number of para-hydroxylation sites is 1. The molecular formula is C17H24N4. The lowest BCUT2D eigenvalue weighted by molar-refractivity contribution is 0.652. The normalized spacial score (nSPS) is 11.8. The van der Waals surface area contributed by atoms with Crippen molar-refractivity contribution in [3.8, 4) is 0 Å². The van der Waals surface area contributed by atoms with Crippen LogP contribution in [0.1, 0.15) is 38.2 Å². The van der Waals surface area contributed by atoms with Crippen molar-refractivity contribution < 1.29 is 0 Å². The van der Waals surface area contributed by atoms with Gasteiger partial charge in [0.2, 0.25) is 0 Å². The molecule has 0 radical (unpaired) electrons. The molecule has 0 spiro atoms. The SMILES string of the molecule is CCCCCCNC(N)=NCc1ccnc2ccccc12. The molecular weight excluding hydrogens is 260 g/mol. The number of hydrogen-bond acceptors (Lipinski definition) is 2. The molecule has 112 valence electrons. The van der Waals surface area contributed by atoms with Crippen LogP contribution in [0.5, 0.6) is 0 Å². The largest absolute Gasteiger partial charge is 0.370 e. The molecule has 0 unspecified atom stereocenters. The maximum absolute atomic E-state index is 5.90. The highest BCUT2D eigenvalue weighted by Crippen LogP contribution is 2.16. The Morgan fingerprint density at radius 3 is 2.90 bits per heavy atom. The van der Waals surface area contributed by atoms with Gasteiger partial charge in [-0.3, -0.25) is 4.98 Å². The maximum Gasteiger partial charge on any atom is 0.188 e. The second kappa shape index (κ2) is 8.25. The van der Waals surface area contributed by atoms with Crippen molar-refractivity contribution >= 4 is 16.9 Å². The minimum atomic E-state index is 0.521. The Labute approximate surface area is 126 Å². The first-order chi connectivity index (χ1) is 10.3. The van der Waals surface area contributed by atoms with E-state index >= 15 is 0 Å². The number of pyridine rings is 1. The average Bonchev–Trinajstić information content (AvgIpc) is 2.52. The highest BCUT2D eigenvalue weighted by atomic mass is 15.1. The summed E-state index contributed by atoms with van der Waals surface area (Å²) in [7, 11) is 0. The number of unbranched alkanes of at least 4 members (excludes halogenated alkanes) is 3. The van der Waals surface area contributed by atoms with Gasteiger partial charge in [0.05, 0.1) is 12.1 Å². The third-order valence-corrected chi connectivity index (χ3v) is 3.50. The van der Waals surface area contributed by atoms with Gasteiger partial charge in [-0.15, -0.1) is 0 Å². The molecule has 2 rings (SSSR count). The van der Waals surface area contributed by atoms with E-state index in [4.69, 9.17) is 5.73 Å². The van der Waals surface area contributed by atoms with Crippen molar-refractivity contribution in [1.82, 2.24) is 10.3 Å². The van der Waals surface area contributed by atoms with Crippen molar-refractivity contribution in [2.45, 2.75) is 39.2 Å². The minimum absolute atomic E-state index is 0.521. The standard InChI is InChI=1S/C17H24N4/c1-2-3-4-7-11-20-17(18)21-13-14-10-12-19-16-9-6-5-8-15(14)16/h5-6,8-10,12H,2-4,7,11,13H2,1H3,(H3,18,20,21). The number of nitrogens with two attached hydrogens (primary N) is 1. The minimum Gasteiger partial charge on any atom is -0.370 e. The summed E-state index contributed by atoms with van der Waals surface area (Å²) >= 11 is 0. The second-order valence-corrected chi connectivity index (χ2v) is 5.18. The van der Waals surface area contributed by atoms with Gasteiger partial charge in [0.25, 0.3) is 0 Å². The summed E-state index contributed by atoms with van der Waals surface area (Å²) in [5, 5.41) is 4.31. The van der Waals surface area contributed by atoms with Crippen LogP contribution in [0, 0.1) is 0 Å². The number of nitrogens with zero attached hydrogens (tertiary/aromatic N) is 2. The number of aliphatic imine (C=N–C) groups is 1. The molecule has 3 N–H and O–H groups in total. The Bertz CT molecular complexity index is 587. The number of benzene rings is 1. The monoisotopic (exact) mass is 284 g/mol. The Balaban J connectivity index is 1.90. The molecule has 4 nitrogen and oxygen atoms in total. The molecule has 4 heteroatoms. The third kappa shape index (κ3) is 4.74. The van der Waals surface area contributed by atoms with E-state index in [0.29, 0.717) is 12.5 Å². The molecule has 0 amide bonds. The molecule has 2 aromatic rings. The van der Waals surface area contributed by atoms with Gasteiger partial charge in [0.15, 0.2) is 5.96 Å². The topological polar surface area (TPSA) is 63.3 Å². The number of aromatic nitrogens is 1. The smallest absolute Gasteiger partial charge is 0.188 e. The number of fused-ring (bicyclic) bond motifs is 1. The lowest BCUT2D eigenvalue weighted by Gasteiger charge is -2.06. The van der Waals surface area contributed by atoms with Crippen LogP contribution in [0.2, 0.25) is 0 Å². The van der Waals surface area contributed by atoms with Gasteiger partial charge in [-0.1, -0.05) is 44.4 Å². The van der Waals surface area contributed by atoms with Crippen molar-refractivity contribution in [2.75, 3.05) is 6.54 Å². The van der Waals surface area contributed by atoms with Gasteiger partial charge in [-0.05, 0) is 24.1 Å². The van der Waals surface area contributed by atoms with Crippen molar-refractivity contribution in [1.29, 1.82) is 0 Å². The Morgan fingerprint density at radius 2 is 2.05 bits per heavy atom. The number of rotatable bonds is 7. The molecule has 0 fully saturated rings. The summed E-state index contributed by atoms with van der Waals surface area (Å²) in [6.07, 6.45) is 6.73. The fourth-order valence-electron chi connectivity index (χ4n) is 2.29. The molecule has 0 aliphatic carbocycles. The van der Waals surface area contributed by atoms with E-state index in [0.717, 1.165) is 29.4 Å². The molecule has 0 aliphatic rings. The van der Waals surface area contributed by atoms with E-state index in [1.54, 1.807) is 0 Å². The Morgan fingerprint density at radius 1 is 1.19 bits per heavy atom. The van der Waals surface area contributed by atoms with Gasteiger partial charge < -0.3 is 11.1 Å². The van der Waals surface area contributed by atoms with Crippen LogP contribution in [0.4, 0.5) is 0 Å². The van der Waals surface area contributed by atoms with Crippen molar-refractivity contribution in [3.63, 3.8) is 0 Å². The third-order valence-electron chi connectivity index (χ3n) is 3.50. The zero-order valence-corrected chi connectivity index (χ0v) is 12.7. The van der Waals surface area contributed by atoms with Crippen LogP contribution >= 0.6 is 0 Å². The predicted molar refractivity (Wildman–Crippen MR) is 89.2 cm³/mol. The lowest BCUT2D eigenvalue weighted by Crippen LogP contribution is -2.32. The summed E-state index contributed by atoms with van der Waals surface area (Å²) in [6.45, 7) is 3.69. The van der Waals surface area contributed by atoms with Crippen LogP contribution in [-0.2, 0) is 6.54 Å². The van der Waals surface area contributed by atoms with E-state index in [2.05, 4.69) is 28.3 Å². The van der Waals surface area contributed by atoms with Crippen LogP contribution in [0.15, 0.2) is 41.5 Å². The maximum atomic E-state index is 5.90. The first-order valence-corrected chi connectivity index (χ1v) is 7.67. The molecule has 0 bridgehead atoms. The second-order valence-electron chi connectivity index (χ2n) is 5.18. The van der Waals surface area contributed by atoms with E-state index in [1.807, 2.05) is 30.5 Å². The average molecular weight is 284 g/mol. The van der Waals surface area contributed by atoms with Gasteiger partial charge in [-0.25, -0.2) is 4.99 Å². The molecule has 0 saturated carbocycles. The van der Waals surface area contributed by atoms with E-state index < -0.39 is 0 Å². The zero-order valence-electron chi connectivity index (χ0n) is 12.7. The van der Waals surface area contributed by atoms with E-state index in [1.165, 1.54) is 19.3 Å². The van der Waals surface area contributed by atoms with Crippen LogP contribution in [-0.4, -0.2) is 17.5 Å². The van der Waals surface area contributed by atoms with E-state index in [-0.39, 0.29) is 0 Å². The lowest BCUT2D eigenvalue weighted by atomic mass is 10.1. The summed E-state index contributed by atoms with van der Waals surface area (Å²) in [5.74, 6) is 0.521. The Hall–Kier alpha value is -2.10. The fraction of sp³-hybridized carbons (Fsp3) is 0.412. The molecule has 1 aromatic carbocycles. The number of guanidine groups is 1. The molecule has 21 heavy (non-hydrogen) atoms. The molecule has 1 heterocycles. The highest BCUT2D eigenvalue weighted by molar-refractivity contribution is 5.82. The summed E-state index contributed by atoms with van der Waals surface area (Å²) in [5.41, 5.74) is 8.05. The molecule has 0 saturated heterocycles.